The second-order valence-corrected chi connectivity index (χ2v) is 5.20. The molecule has 0 aromatic carbocycles. The topological polar surface area (TPSA) is 79.5 Å². The molecule has 1 saturated heterocycles. The number of amides is 2. The summed E-state index contributed by atoms with van der Waals surface area (Å²) in [5, 5.41) is 8.86. The molecule has 108 valence electrons. The largest absolute Gasteiger partial charge is 0.381 e. The van der Waals surface area contributed by atoms with Crippen molar-refractivity contribution >= 4 is 11.8 Å². The van der Waals surface area contributed by atoms with Gasteiger partial charge in [0.1, 0.15) is 0 Å². The summed E-state index contributed by atoms with van der Waals surface area (Å²) in [6.07, 6.45) is 3.83. The first kappa shape index (κ1) is 14.3. The quantitative estimate of drug-likeness (QED) is 0.539. The minimum atomic E-state index is 0.0143. The van der Waals surface area contributed by atoms with E-state index in [1.54, 1.807) is 0 Å². The number of carbonyl (C=O) groups is 2. The van der Waals surface area contributed by atoms with E-state index >= 15 is 0 Å². The zero-order valence-corrected chi connectivity index (χ0v) is 11.2. The van der Waals surface area contributed by atoms with Crippen LogP contribution in [0.2, 0.25) is 0 Å². The molecule has 0 radical (unpaired) electrons. The van der Waals surface area contributed by atoms with Gasteiger partial charge in [0.2, 0.25) is 11.8 Å². The van der Waals surface area contributed by atoms with Crippen LogP contribution in [0.25, 0.3) is 0 Å². The number of ether oxygens (including phenoxy) is 1. The molecular weight excluding hydrogens is 246 g/mol. The molecular formula is C13H23N3O3. The van der Waals surface area contributed by atoms with E-state index in [4.69, 9.17) is 4.74 Å². The summed E-state index contributed by atoms with van der Waals surface area (Å²) >= 11 is 0. The molecule has 2 fully saturated rings. The van der Waals surface area contributed by atoms with E-state index in [9.17, 15) is 9.59 Å². The van der Waals surface area contributed by atoms with Gasteiger partial charge in [0.15, 0.2) is 0 Å². The first-order chi connectivity index (χ1) is 9.25. The predicted molar refractivity (Wildman–Crippen MR) is 70.6 cm³/mol. The van der Waals surface area contributed by atoms with Crippen LogP contribution < -0.4 is 16.0 Å². The summed E-state index contributed by atoms with van der Waals surface area (Å²) in [5.41, 5.74) is 0. The normalized spacial score (nSPS) is 20.0. The van der Waals surface area contributed by atoms with Crippen LogP contribution in [0.4, 0.5) is 0 Å². The summed E-state index contributed by atoms with van der Waals surface area (Å²) < 4.78 is 5.23. The third-order valence-corrected chi connectivity index (χ3v) is 3.42. The molecule has 2 rings (SSSR count). The molecule has 3 N–H and O–H groups in total. The van der Waals surface area contributed by atoms with Crippen LogP contribution >= 0.6 is 0 Å². The summed E-state index contributed by atoms with van der Waals surface area (Å²) in [6, 6.07) is 0.248. The van der Waals surface area contributed by atoms with E-state index in [1.807, 2.05) is 0 Å². The maximum absolute atomic E-state index is 11.6. The maximum atomic E-state index is 11.6. The third kappa shape index (κ3) is 5.57. The molecule has 1 aliphatic carbocycles. The van der Waals surface area contributed by atoms with Gasteiger partial charge in [-0.05, 0) is 25.7 Å². The van der Waals surface area contributed by atoms with E-state index in [0.29, 0.717) is 19.6 Å². The molecule has 0 spiro atoms. The van der Waals surface area contributed by atoms with Crippen LogP contribution in [0.15, 0.2) is 0 Å². The maximum Gasteiger partial charge on any atom is 0.234 e. The lowest BCUT2D eigenvalue weighted by atomic mass is 10.1. The summed E-state index contributed by atoms with van der Waals surface area (Å²) in [5.74, 6) is 0.408. The Morgan fingerprint density at radius 2 is 1.79 bits per heavy atom. The second kappa shape index (κ2) is 7.45. The fourth-order valence-corrected chi connectivity index (χ4v) is 2.09. The average Bonchev–Trinajstić information content (AvgIpc) is 3.23. The Kier molecular flexibility index (Phi) is 5.60. The molecule has 0 bridgehead atoms. The fourth-order valence-electron chi connectivity index (χ4n) is 2.09. The van der Waals surface area contributed by atoms with Crippen molar-refractivity contribution < 1.29 is 14.3 Å². The van der Waals surface area contributed by atoms with Gasteiger partial charge in [-0.3, -0.25) is 9.59 Å². The van der Waals surface area contributed by atoms with E-state index in [2.05, 4.69) is 16.0 Å². The Morgan fingerprint density at radius 3 is 2.47 bits per heavy atom. The Balaban J connectivity index is 1.45. The zero-order valence-electron chi connectivity index (χ0n) is 11.2. The number of hydrogen-bond donors (Lipinski definition) is 3. The average molecular weight is 269 g/mol. The van der Waals surface area contributed by atoms with Gasteiger partial charge in [-0.2, -0.15) is 0 Å². The molecule has 6 nitrogen and oxygen atoms in total. The summed E-state index contributed by atoms with van der Waals surface area (Å²) in [7, 11) is 0. The van der Waals surface area contributed by atoms with Crippen molar-refractivity contribution in [3.63, 3.8) is 0 Å². The van der Waals surface area contributed by atoms with Gasteiger partial charge in [-0.1, -0.05) is 0 Å². The number of carbonyl (C=O) groups excluding carboxylic acids is 2. The summed E-state index contributed by atoms with van der Waals surface area (Å²) in [6.45, 7) is 2.97. The lowest BCUT2D eigenvalue weighted by Gasteiger charge is -2.23. The van der Waals surface area contributed by atoms with Crippen molar-refractivity contribution in [2.45, 2.75) is 31.7 Å². The van der Waals surface area contributed by atoms with Crippen molar-refractivity contribution in [1.29, 1.82) is 0 Å². The number of nitrogens with one attached hydrogen (secondary N) is 3. The molecule has 2 amide bonds. The minimum Gasteiger partial charge on any atom is -0.381 e. The van der Waals surface area contributed by atoms with Gasteiger partial charge in [-0.15, -0.1) is 0 Å². The lowest BCUT2D eigenvalue weighted by Crippen LogP contribution is -2.44. The van der Waals surface area contributed by atoms with Crippen LogP contribution in [0.5, 0.6) is 0 Å². The number of hydrogen-bond acceptors (Lipinski definition) is 4. The Bertz CT molecular complexity index is 312. The SMILES string of the molecule is O=C(CNCCNC(=O)C1CC1)NC1CCOCC1. The van der Waals surface area contributed by atoms with Gasteiger partial charge >= 0.3 is 0 Å². The predicted octanol–water partition coefficient (Wildman–Crippen LogP) is -0.603. The Morgan fingerprint density at radius 1 is 1.05 bits per heavy atom. The molecule has 6 heteroatoms. The summed E-state index contributed by atoms with van der Waals surface area (Å²) in [4.78, 5) is 23.0. The smallest absolute Gasteiger partial charge is 0.234 e. The van der Waals surface area contributed by atoms with Gasteiger partial charge in [0, 0.05) is 38.3 Å². The van der Waals surface area contributed by atoms with E-state index in [-0.39, 0.29) is 23.8 Å². The minimum absolute atomic E-state index is 0.0143. The van der Waals surface area contributed by atoms with Gasteiger partial charge in [-0.25, -0.2) is 0 Å². The van der Waals surface area contributed by atoms with Crippen LogP contribution in [-0.2, 0) is 14.3 Å². The van der Waals surface area contributed by atoms with E-state index in [0.717, 1.165) is 38.9 Å². The highest BCUT2D eigenvalue weighted by Crippen LogP contribution is 2.28. The van der Waals surface area contributed by atoms with Crippen LogP contribution in [0, 0.1) is 5.92 Å². The molecule has 2 aliphatic rings. The molecule has 1 aliphatic heterocycles. The first-order valence-electron chi connectivity index (χ1n) is 7.11. The Labute approximate surface area is 113 Å². The van der Waals surface area contributed by atoms with Gasteiger partial charge < -0.3 is 20.7 Å². The van der Waals surface area contributed by atoms with Crippen molar-refractivity contribution in [3.8, 4) is 0 Å². The monoisotopic (exact) mass is 269 g/mol. The number of rotatable bonds is 7. The van der Waals surface area contributed by atoms with Gasteiger partial charge in [0.25, 0.3) is 0 Å². The standard InChI is InChI=1S/C13H23N3O3/c17-12(16-11-3-7-19-8-4-11)9-14-5-6-15-13(18)10-1-2-10/h10-11,14H,1-9H2,(H,15,18)(H,16,17). The molecule has 0 unspecified atom stereocenters. The molecule has 0 aromatic rings. The molecule has 19 heavy (non-hydrogen) atoms. The second-order valence-electron chi connectivity index (χ2n) is 5.20. The lowest BCUT2D eigenvalue weighted by molar-refractivity contribution is -0.122. The molecule has 0 atom stereocenters. The highest BCUT2D eigenvalue weighted by molar-refractivity contribution is 5.80. The van der Waals surface area contributed by atoms with Crippen LogP contribution in [0.3, 0.4) is 0 Å². The highest BCUT2D eigenvalue weighted by Gasteiger charge is 2.28. The zero-order chi connectivity index (χ0) is 13.5. The van der Waals surface area contributed by atoms with E-state index in [1.165, 1.54) is 0 Å². The molecule has 1 heterocycles. The molecule has 1 saturated carbocycles. The van der Waals surface area contributed by atoms with Crippen molar-refractivity contribution in [3.05, 3.63) is 0 Å². The fraction of sp³-hybridized carbons (Fsp3) is 0.846. The van der Waals surface area contributed by atoms with E-state index < -0.39 is 0 Å². The van der Waals surface area contributed by atoms with Crippen LogP contribution in [0.1, 0.15) is 25.7 Å². The van der Waals surface area contributed by atoms with Crippen molar-refractivity contribution in [1.82, 2.24) is 16.0 Å². The third-order valence-electron chi connectivity index (χ3n) is 3.42. The van der Waals surface area contributed by atoms with Crippen molar-refractivity contribution in [2.75, 3.05) is 32.8 Å². The Hall–Kier alpha value is -1.14. The van der Waals surface area contributed by atoms with Crippen LogP contribution in [-0.4, -0.2) is 50.7 Å². The van der Waals surface area contributed by atoms with Crippen molar-refractivity contribution in [2.24, 2.45) is 5.92 Å². The highest BCUT2D eigenvalue weighted by atomic mass is 16.5. The molecule has 0 aromatic heterocycles. The van der Waals surface area contributed by atoms with Gasteiger partial charge in [0.05, 0.1) is 6.54 Å². The first-order valence-corrected chi connectivity index (χ1v) is 7.11.